The number of hydrogen-bond donors (Lipinski definition) is 2. The van der Waals surface area contributed by atoms with E-state index in [4.69, 9.17) is 5.11 Å². The standard InChI is InChI=1S/C14H13N3O2/c1-9-14(10-4-2-3-5-11(10)16-9)12-6-17(8-15-12)7-13(18)19/h2-6,8,16H,7H2,1H3,(H,18,19). The van der Waals surface area contributed by atoms with Gasteiger partial charge in [0.2, 0.25) is 0 Å². The van der Waals surface area contributed by atoms with E-state index in [0.29, 0.717) is 0 Å². The summed E-state index contributed by atoms with van der Waals surface area (Å²) in [6.45, 7) is 1.92. The number of para-hydroxylation sites is 1. The summed E-state index contributed by atoms with van der Waals surface area (Å²) < 4.78 is 1.57. The lowest BCUT2D eigenvalue weighted by Gasteiger charge is -1.97. The number of hydrogen-bond acceptors (Lipinski definition) is 2. The van der Waals surface area contributed by atoms with Crippen molar-refractivity contribution in [3.8, 4) is 11.3 Å². The molecular formula is C14H13N3O2. The average molecular weight is 255 g/mol. The van der Waals surface area contributed by atoms with Gasteiger partial charge in [0.05, 0.1) is 12.0 Å². The maximum absolute atomic E-state index is 10.7. The highest BCUT2D eigenvalue weighted by Crippen LogP contribution is 2.30. The van der Waals surface area contributed by atoms with E-state index >= 15 is 0 Å². The molecule has 0 aliphatic heterocycles. The van der Waals surface area contributed by atoms with Crippen LogP contribution in [0.25, 0.3) is 22.2 Å². The molecule has 0 aliphatic carbocycles. The molecule has 0 atom stereocenters. The number of aliphatic carboxylic acids is 1. The number of carbonyl (C=O) groups is 1. The quantitative estimate of drug-likeness (QED) is 0.755. The number of aryl methyl sites for hydroxylation is 1. The zero-order valence-electron chi connectivity index (χ0n) is 10.4. The van der Waals surface area contributed by atoms with Gasteiger partial charge in [-0.05, 0) is 13.0 Å². The molecule has 0 fully saturated rings. The Morgan fingerprint density at radius 2 is 2.21 bits per heavy atom. The molecule has 0 unspecified atom stereocenters. The number of aromatic amines is 1. The lowest BCUT2D eigenvalue weighted by atomic mass is 10.1. The van der Waals surface area contributed by atoms with Crippen molar-refractivity contribution < 1.29 is 9.90 Å². The molecule has 0 bridgehead atoms. The molecule has 19 heavy (non-hydrogen) atoms. The SMILES string of the molecule is Cc1[nH]c2ccccc2c1-c1cn(CC(=O)O)cn1. The second kappa shape index (κ2) is 4.28. The number of rotatable bonds is 3. The van der Waals surface area contributed by atoms with E-state index in [9.17, 15) is 4.79 Å². The van der Waals surface area contributed by atoms with E-state index in [1.54, 1.807) is 17.1 Å². The first-order chi connectivity index (χ1) is 9.15. The average Bonchev–Trinajstić information content (AvgIpc) is 2.91. The van der Waals surface area contributed by atoms with Crippen molar-refractivity contribution in [1.82, 2.24) is 14.5 Å². The molecule has 3 aromatic rings. The number of carboxylic acid groups (broad SMARTS) is 1. The van der Waals surface area contributed by atoms with Crippen molar-refractivity contribution in [1.29, 1.82) is 0 Å². The Morgan fingerprint density at radius 1 is 1.42 bits per heavy atom. The maximum Gasteiger partial charge on any atom is 0.323 e. The van der Waals surface area contributed by atoms with Crippen LogP contribution in [-0.4, -0.2) is 25.6 Å². The molecule has 2 heterocycles. The van der Waals surface area contributed by atoms with E-state index in [1.165, 1.54) is 0 Å². The first kappa shape index (κ1) is 11.5. The number of nitrogens with one attached hydrogen (secondary N) is 1. The highest BCUT2D eigenvalue weighted by molar-refractivity contribution is 5.96. The molecular weight excluding hydrogens is 242 g/mol. The molecule has 5 nitrogen and oxygen atoms in total. The van der Waals surface area contributed by atoms with Crippen LogP contribution in [0.5, 0.6) is 0 Å². The lowest BCUT2D eigenvalue weighted by molar-refractivity contribution is -0.137. The molecule has 0 aliphatic rings. The number of H-pyrrole nitrogens is 1. The van der Waals surface area contributed by atoms with Crippen molar-refractivity contribution in [2.24, 2.45) is 0 Å². The lowest BCUT2D eigenvalue weighted by Crippen LogP contribution is -2.06. The van der Waals surface area contributed by atoms with Crippen molar-refractivity contribution in [2.75, 3.05) is 0 Å². The Bertz CT molecular complexity index is 755. The van der Waals surface area contributed by atoms with Gasteiger partial charge in [-0.15, -0.1) is 0 Å². The number of imidazole rings is 1. The zero-order valence-corrected chi connectivity index (χ0v) is 10.4. The largest absolute Gasteiger partial charge is 0.480 e. The number of carboxylic acids is 1. The van der Waals surface area contributed by atoms with Crippen LogP contribution < -0.4 is 0 Å². The summed E-state index contributed by atoms with van der Waals surface area (Å²) in [5.74, 6) is -0.875. The van der Waals surface area contributed by atoms with Crippen molar-refractivity contribution in [2.45, 2.75) is 13.5 Å². The van der Waals surface area contributed by atoms with E-state index in [1.807, 2.05) is 31.2 Å². The normalized spacial score (nSPS) is 11.0. The summed E-state index contributed by atoms with van der Waals surface area (Å²) >= 11 is 0. The van der Waals surface area contributed by atoms with Crippen LogP contribution in [0.1, 0.15) is 5.69 Å². The van der Waals surface area contributed by atoms with Crippen LogP contribution in [-0.2, 0) is 11.3 Å². The summed E-state index contributed by atoms with van der Waals surface area (Å²) in [5, 5.41) is 9.88. The van der Waals surface area contributed by atoms with Crippen molar-refractivity contribution >= 4 is 16.9 Å². The minimum absolute atomic E-state index is 0.0750. The van der Waals surface area contributed by atoms with Crippen LogP contribution in [0.4, 0.5) is 0 Å². The summed E-state index contributed by atoms with van der Waals surface area (Å²) in [4.78, 5) is 18.3. The fraction of sp³-hybridized carbons (Fsp3) is 0.143. The van der Waals surface area contributed by atoms with Gasteiger partial charge in [0.15, 0.2) is 0 Å². The van der Waals surface area contributed by atoms with Crippen LogP contribution >= 0.6 is 0 Å². The van der Waals surface area contributed by atoms with Crippen LogP contribution in [0.3, 0.4) is 0 Å². The molecule has 96 valence electrons. The Morgan fingerprint density at radius 3 is 3.00 bits per heavy atom. The van der Waals surface area contributed by atoms with Gasteiger partial charge >= 0.3 is 5.97 Å². The summed E-state index contributed by atoms with van der Waals surface area (Å²) in [6.07, 6.45) is 3.31. The van der Waals surface area contributed by atoms with Crippen LogP contribution in [0, 0.1) is 6.92 Å². The van der Waals surface area contributed by atoms with Crippen LogP contribution in [0.2, 0.25) is 0 Å². The molecule has 0 saturated carbocycles. The van der Waals surface area contributed by atoms with Gasteiger partial charge < -0.3 is 14.7 Å². The molecule has 0 saturated heterocycles. The third-order valence-corrected chi connectivity index (χ3v) is 3.10. The third kappa shape index (κ3) is 1.99. The topological polar surface area (TPSA) is 70.9 Å². The Hall–Kier alpha value is -2.56. The van der Waals surface area contributed by atoms with Gasteiger partial charge in [-0.2, -0.15) is 0 Å². The van der Waals surface area contributed by atoms with Gasteiger partial charge in [0.1, 0.15) is 6.54 Å². The fourth-order valence-electron chi connectivity index (χ4n) is 2.34. The Kier molecular flexibility index (Phi) is 2.59. The zero-order chi connectivity index (χ0) is 13.4. The van der Waals surface area contributed by atoms with Gasteiger partial charge in [-0.25, -0.2) is 4.98 Å². The Labute approximate surface area is 109 Å². The molecule has 0 spiro atoms. The second-order valence-electron chi connectivity index (χ2n) is 4.50. The van der Waals surface area contributed by atoms with E-state index in [2.05, 4.69) is 9.97 Å². The molecule has 0 radical (unpaired) electrons. The number of benzene rings is 1. The van der Waals surface area contributed by atoms with Gasteiger partial charge in [-0.1, -0.05) is 18.2 Å². The number of aromatic nitrogens is 3. The van der Waals surface area contributed by atoms with E-state index in [-0.39, 0.29) is 6.54 Å². The second-order valence-corrected chi connectivity index (χ2v) is 4.50. The van der Waals surface area contributed by atoms with E-state index in [0.717, 1.165) is 27.9 Å². The summed E-state index contributed by atoms with van der Waals surface area (Å²) in [6, 6.07) is 8.00. The first-order valence-corrected chi connectivity index (χ1v) is 5.96. The third-order valence-electron chi connectivity index (χ3n) is 3.10. The summed E-state index contributed by atoms with van der Waals surface area (Å²) in [5.41, 5.74) is 3.90. The van der Waals surface area contributed by atoms with Crippen LogP contribution in [0.15, 0.2) is 36.8 Å². The van der Waals surface area contributed by atoms with E-state index < -0.39 is 5.97 Å². The highest BCUT2D eigenvalue weighted by Gasteiger charge is 2.13. The maximum atomic E-state index is 10.7. The Balaban J connectivity index is 2.11. The number of nitrogens with zero attached hydrogens (tertiary/aromatic N) is 2. The first-order valence-electron chi connectivity index (χ1n) is 5.96. The predicted molar refractivity (Wildman–Crippen MR) is 71.9 cm³/mol. The molecule has 1 aromatic carbocycles. The minimum atomic E-state index is -0.875. The summed E-state index contributed by atoms with van der Waals surface area (Å²) in [7, 11) is 0. The van der Waals surface area contributed by atoms with Gasteiger partial charge in [0, 0.05) is 28.4 Å². The fourth-order valence-corrected chi connectivity index (χ4v) is 2.34. The number of fused-ring (bicyclic) bond motifs is 1. The van der Waals surface area contributed by atoms with Crippen molar-refractivity contribution in [3.05, 3.63) is 42.5 Å². The molecule has 5 heteroatoms. The highest BCUT2D eigenvalue weighted by atomic mass is 16.4. The minimum Gasteiger partial charge on any atom is -0.480 e. The monoisotopic (exact) mass is 255 g/mol. The predicted octanol–water partition coefficient (Wildman–Crippen LogP) is 2.42. The smallest absolute Gasteiger partial charge is 0.323 e. The molecule has 3 rings (SSSR count). The van der Waals surface area contributed by atoms with Gasteiger partial charge in [-0.3, -0.25) is 4.79 Å². The molecule has 2 N–H and O–H groups in total. The molecule has 0 amide bonds. The molecule has 2 aromatic heterocycles. The van der Waals surface area contributed by atoms with Gasteiger partial charge in [0.25, 0.3) is 0 Å². The van der Waals surface area contributed by atoms with Crippen molar-refractivity contribution in [3.63, 3.8) is 0 Å².